The molecule has 2 saturated heterocycles. The molecule has 1 unspecified atom stereocenters. The van der Waals surface area contributed by atoms with Gasteiger partial charge in [0.15, 0.2) is 5.76 Å². The Hall–Kier alpha value is -2.40. The Bertz CT molecular complexity index is 1040. The van der Waals surface area contributed by atoms with E-state index >= 15 is 0 Å². The number of nitrogens with one attached hydrogen (secondary N) is 2. The lowest BCUT2D eigenvalue weighted by atomic mass is 10.2. The number of furan rings is 1. The standard InChI is InChI=1S/C22H29N3O6S/c1-2-16-5-8-21(31-16)22(26)24-20-14-18(32(27,28)25-9-12-29-13-10-25)6-7-19(20)23-15-17-4-3-11-30-17/h5-8,14,17,23H,2-4,9-13,15H2,1H3,(H,24,26). The van der Waals surface area contributed by atoms with Crippen LogP contribution >= 0.6 is 0 Å². The molecule has 3 heterocycles. The third kappa shape index (κ3) is 5.15. The topological polar surface area (TPSA) is 110 Å². The molecular weight excluding hydrogens is 434 g/mol. The average molecular weight is 464 g/mol. The molecule has 0 aliphatic carbocycles. The summed E-state index contributed by atoms with van der Waals surface area (Å²) in [7, 11) is -3.71. The van der Waals surface area contributed by atoms with E-state index < -0.39 is 15.9 Å². The number of aryl methyl sites for hydroxylation is 1. The van der Waals surface area contributed by atoms with Gasteiger partial charge in [-0.15, -0.1) is 0 Å². The van der Waals surface area contributed by atoms with E-state index in [0.29, 0.717) is 56.4 Å². The van der Waals surface area contributed by atoms with Gasteiger partial charge in [0.2, 0.25) is 10.0 Å². The minimum absolute atomic E-state index is 0.0903. The molecule has 2 aliphatic rings. The van der Waals surface area contributed by atoms with Crippen molar-refractivity contribution in [2.75, 3.05) is 50.1 Å². The van der Waals surface area contributed by atoms with Crippen molar-refractivity contribution in [1.82, 2.24) is 4.31 Å². The van der Waals surface area contributed by atoms with Crippen LogP contribution < -0.4 is 10.6 Å². The summed E-state index contributed by atoms with van der Waals surface area (Å²) in [5.74, 6) is 0.440. The van der Waals surface area contributed by atoms with E-state index in [1.54, 1.807) is 24.3 Å². The fraction of sp³-hybridized carbons (Fsp3) is 0.500. The van der Waals surface area contributed by atoms with Gasteiger partial charge in [0.25, 0.3) is 5.91 Å². The quantitative estimate of drug-likeness (QED) is 0.619. The summed E-state index contributed by atoms with van der Waals surface area (Å²) >= 11 is 0. The molecule has 9 nitrogen and oxygen atoms in total. The highest BCUT2D eigenvalue weighted by molar-refractivity contribution is 7.89. The molecule has 174 valence electrons. The van der Waals surface area contributed by atoms with E-state index in [0.717, 1.165) is 19.4 Å². The van der Waals surface area contributed by atoms with E-state index in [-0.39, 0.29) is 16.8 Å². The second-order valence-corrected chi connectivity index (χ2v) is 9.75. The predicted octanol–water partition coefficient (Wildman–Crippen LogP) is 2.71. The molecule has 0 bridgehead atoms. The number of hydrogen-bond acceptors (Lipinski definition) is 7. The van der Waals surface area contributed by atoms with Gasteiger partial charge >= 0.3 is 0 Å². The Labute approximate surface area is 188 Å². The molecule has 0 radical (unpaired) electrons. The number of nitrogens with zero attached hydrogens (tertiary/aromatic N) is 1. The van der Waals surface area contributed by atoms with Crippen LogP contribution in [0.3, 0.4) is 0 Å². The number of hydrogen-bond donors (Lipinski definition) is 2. The van der Waals surface area contributed by atoms with Crippen LogP contribution in [0, 0.1) is 0 Å². The maximum absolute atomic E-state index is 13.1. The van der Waals surface area contributed by atoms with Crippen LogP contribution in [0.25, 0.3) is 0 Å². The summed E-state index contributed by atoms with van der Waals surface area (Å²) in [6, 6.07) is 8.09. The van der Waals surface area contributed by atoms with Crippen molar-refractivity contribution in [1.29, 1.82) is 0 Å². The van der Waals surface area contributed by atoms with Crippen molar-refractivity contribution < 1.29 is 27.1 Å². The van der Waals surface area contributed by atoms with Gasteiger partial charge in [-0.25, -0.2) is 8.42 Å². The molecule has 1 atom stereocenters. The number of carbonyl (C=O) groups is 1. The Morgan fingerprint density at radius 1 is 1.12 bits per heavy atom. The first-order valence-electron chi connectivity index (χ1n) is 10.9. The summed E-state index contributed by atoms with van der Waals surface area (Å²) < 4.78 is 44.1. The summed E-state index contributed by atoms with van der Waals surface area (Å²) in [6.45, 7) is 4.58. The van der Waals surface area contributed by atoms with Gasteiger partial charge in [-0.1, -0.05) is 6.92 Å². The van der Waals surface area contributed by atoms with Crippen LogP contribution in [0.15, 0.2) is 39.6 Å². The van der Waals surface area contributed by atoms with E-state index in [1.807, 2.05) is 6.92 Å². The van der Waals surface area contributed by atoms with E-state index in [1.165, 1.54) is 10.4 Å². The van der Waals surface area contributed by atoms with Gasteiger partial charge in [0, 0.05) is 32.7 Å². The fourth-order valence-corrected chi connectivity index (χ4v) is 5.22. The first kappa shape index (κ1) is 22.8. The van der Waals surface area contributed by atoms with Gasteiger partial charge < -0.3 is 24.5 Å². The smallest absolute Gasteiger partial charge is 0.291 e. The fourth-order valence-electron chi connectivity index (χ4n) is 3.78. The molecule has 10 heteroatoms. The maximum atomic E-state index is 13.1. The summed E-state index contributed by atoms with van der Waals surface area (Å²) in [5.41, 5.74) is 0.994. The van der Waals surface area contributed by atoms with Crippen LogP contribution in [-0.4, -0.2) is 64.2 Å². The third-order valence-corrected chi connectivity index (χ3v) is 7.52. The number of benzene rings is 1. The largest absolute Gasteiger partial charge is 0.456 e. The molecule has 32 heavy (non-hydrogen) atoms. The molecule has 1 aromatic carbocycles. The first-order valence-corrected chi connectivity index (χ1v) is 12.4. The Balaban J connectivity index is 1.59. The molecule has 2 fully saturated rings. The molecule has 2 aliphatic heterocycles. The van der Waals surface area contributed by atoms with E-state index in [4.69, 9.17) is 13.9 Å². The van der Waals surface area contributed by atoms with Crippen LogP contribution in [0.4, 0.5) is 11.4 Å². The zero-order valence-corrected chi connectivity index (χ0v) is 18.9. The third-order valence-electron chi connectivity index (χ3n) is 5.63. The number of amides is 1. The second kappa shape index (κ2) is 10.0. The van der Waals surface area contributed by atoms with E-state index in [9.17, 15) is 13.2 Å². The van der Waals surface area contributed by atoms with Crippen molar-refractivity contribution in [3.05, 3.63) is 41.9 Å². The number of morpholine rings is 1. The lowest BCUT2D eigenvalue weighted by Gasteiger charge is -2.26. The van der Waals surface area contributed by atoms with Crippen molar-refractivity contribution >= 4 is 27.3 Å². The number of ether oxygens (including phenoxy) is 2. The summed E-state index contributed by atoms with van der Waals surface area (Å²) in [4.78, 5) is 12.9. The van der Waals surface area contributed by atoms with Gasteiger partial charge in [-0.3, -0.25) is 4.79 Å². The molecule has 0 spiro atoms. The molecule has 4 rings (SSSR count). The highest BCUT2D eigenvalue weighted by atomic mass is 32.2. The average Bonchev–Trinajstić information content (AvgIpc) is 3.51. The minimum atomic E-state index is -3.71. The van der Waals surface area contributed by atoms with Crippen molar-refractivity contribution in [3.8, 4) is 0 Å². The maximum Gasteiger partial charge on any atom is 0.291 e. The Kier molecular flexibility index (Phi) is 7.14. The molecule has 1 amide bonds. The van der Waals surface area contributed by atoms with Crippen molar-refractivity contribution in [2.45, 2.75) is 37.2 Å². The SMILES string of the molecule is CCc1ccc(C(=O)Nc2cc(S(=O)(=O)N3CCOCC3)ccc2NCC2CCCO2)o1. The summed E-state index contributed by atoms with van der Waals surface area (Å²) in [6.07, 6.45) is 2.75. The lowest BCUT2D eigenvalue weighted by Crippen LogP contribution is -2.40. The molecule has 1 aromatic heterocycles. The highest BCUT2D eigenvalue weighted by Gasteiger charge is 2.27. The molecular formula is C22H29N3O6S. The van der Waals surface area contributed by atoms with Crippen LogP contribution in [0.5, 0.6) is 0 Å². The number of rotatable bonds is 8. The lowest BCUT2D eigenvalue weighted by molar-refractivity contribution is 0.0730. The van der Waals surface area contributed by atoms with Crippen LogP contribution in [0.1, 0.15) is 36.1 Å². The predicted molar refractivity (Wildman–Crippen MR) is 120 cm³/mol. The van der Waals surface area contributed by atoms with Gasteiger partial charge in [-0.05, 0) is 43.2 Å². The van der Waals surface area contributed by atoms with E-state index in [2.05, 4.69) is 10.6 Å². The normalized spacial score (nSPS) is 19.7. The molecule has 2 aromatic rings. The van der Waals surface area contributed by atoms with Crippen molar-refractivity contribution in [2.24, 2.45) is 0 Å². The second-order valence-electron chi connectivity index (χ2n) is 7.81. The van der Waals surface area contributed by atoms with Gasteiger partial charge in [0.1, 0.15) is 5.76 Å². The zero-order valence-electron chi connectivity index (χ0n) is 18.1. The van der Waals surface area contributed by atoms with Crippen LogP contribution in [0.2, 0.25) is 0 Å². The number of carbonyl (C=O) groups excluding carboxylic acids is 1. The number of anilines is 2. The minimum Gasteiger partial charge on any atom is -0.456 e. The van der Waals surface area contributed by atoms with Crippen molar-refractivity contribution in [3.63, 3.8) is 0 Å². The van der Waals surface area contributed by atoms with Gasteiger partial charge in [-0.2, -0.15) is 4.31 Å². The summed E-state index contributed by atoms with van der Waals surface area (Å²) in [5, 5.41) is 6.10. The Morgan fingerprint density at radius 3 is 2.62 bits per heavy atom. The van der Waals surface area contributed by atoms with Crippen LogP contribution in [-0.2, 0) is 25.9 Å². The first-order chi connectivity index (χ1) is 15.5. The molecule has 0 saturated carbocycles. The van der Waals surface area contributed by atoms with Gasteiger partial charge in [0.05, 0.1) is 35.6 Å². The number of sulfonamides is 1. The highest BCUT2D eigenvalue weighted by Crippen LogP contribution is 2.29. The monoisotopic (exact) mass is 463 g/mol. The zero-order chi connectivity index (χ0) is 22.6. The Morgan fingerprint density at radius 2 is 1.94 bits per heavy atom. The molecule has 2 N–H and O–H groups in total.